The van der Waals surface area contributed by atoms with Gasteiger partial charge in [-0.25, -0.2) is 0 Å². The summed E-state index contributed by atoms with van der Waals surface area (Å²) in [5.41, 5.74) is 1.52. The van der Waals surface area contributed by atoms with Crippen molar-refractivity contribution in [1.82, 2.24) is 5.32 Å². The van der Waals surface area contributed by atoms with Crippen LogP contribution in [0.1, 0.15) is 52.0 Å². The lowest BCUT2D eigenvalue weighted by molar-refractivity contribution is -0.146. The number of fused-ring (bicyclic) bond motifs is 1. The van der Waals surface area contributed by atoms with E-state index in [0.29, 0.717) is 24.6 Å². The molecule has 2 aromatic rings. The van der Waals surface area contributed by atoms with Gasteiger partial charge in [0.2, 0.25) is 0 Å². The zero-order chi connectivity index (χ0) is 22.4. The van der Waals surface area contributed by atoms with Gasteiger partial charge in [0, 0.05) is 13.1 Å². The minimum atomic E-state index is -0.538. The highest BCUT2D eigenvalue weighted by Crippen LogP contribution is 2.39. The Kier molecular flexibility index (Phi) is 7.95. The molecule has 1 aliphatic rings. The lowest BCUT2D eigenvalue weighted by Gasteiger charge is -2.37. The maximum absolute atomic E-state index is 11.6. The fourth-order valence-electron chi connectivity index (χ4n) is 4.48. The van der Waals surface area contributed by atoms with Crippen molar-refractivity contribution >= 4 is 16.7 Å². The predicted octanol–water partition coefficient (Wildman–Crippen LogP) is 4.69. The van der Waals surface area contributed by atoms with Crippen LogP contribution in [0.2, 0.25) is 0 Å². The Balaban J connectivity index is 1.55. The highest BCUT2D eigenvalue weighted by Gasteiger charge is 2.30. The topological polar surface area (TPSA) is 67.8 Å². The molecule has 5 heteroatoms. The molecule has 1 unspecified atom stereocenters. The lowest BCUT2D eigenvalue weighted by atomic mass is 9.72. The molecule has 1 saturated carbocycles. The highest BCUT2D eigenvalue weighted by atomic mass is 16.5. The zero-order valence-corrected chi connectivity index (χ0v) is 19.3. The number of rotatable bonds is 8. The van der Waals surface area contributed by atoms with E-state index in [4.69, 9.17) is 9.47 Å². The average Bonchev–Trinajstić information content (AvgIpc) is 2.76. The Morgan fingerprint density at radius 1 is 1.10 bits per heavy atom. The Hall–Kier alpha value is -2.11. The Morgan fingerprint density at radius 3 is 2.42 bits per heavy atom. The molecular weight excluding hydrogens is 390 g/mol. The highest BCUT2D eigenvalue weighted by molar-refractivity contribution is 5.84. The predicted molar refractivity (Wildman–Crippen MR) is 124 cm³/mol. The normalized spacial score (nSPS) is 20.4. The molecule has 1 aliphatic carbocycles. The van der Waals surface area contributed by atoms with Crippen LogP contribution >= 0.6 is 0 Å². The zero-order valence-electron chi connectivity index (χ0n) is 19.3. The number of ether oxygens (including phenoxy) is 2. The molecular formula is C26H37NO4. The summed E-state index contributed by atoms with van der Waals surface area (Å²) in [5, 5.41) is 14.9. The molecule has 2 N–H and O–H groups in total. The first kappa shape index (κ1) is 23.6. The number of aliphatic hydroxyl groups is 1. The Morgan fingerprint density at radius 2 is 1.77 bits per heavy atom. The van der Waals surface area contributed by atoms with Crippen molar-refractivity contribution in [2.75, 3.05) is 20.3 Å². The molecule has 0 saturated heterocycles. The largest absolute Gasteiger partial charge is 0.490 e. The summed E-state index contributed by atoms with van der Waals surface area (Å²) in [6, 6.07) is 12.6. The van der Waals surface area contributed by atoms with Crippen LogP contribution in [0.4, 0.5) is 0 Å². The van der Waals surface area contributed by atoms with E-state index in [1.807, 2.05) is 0 Å². The third-order valence-corrected chi connectivity index (χ3v) is 6.55. The minimum absolute atomic E-state index is 0.224. The van der Waals surface area contributed by atoms with Gasteiger partial charge in [-0.3, -0.25) is 4.79 Å². The van der Waals surface area contributed by atoms with Crippen molar-refractivity contribution in [2.45, 2.75) is 59.1 Å². The van der Waals surface area contributed by atoms with E-state index in [0.717, 1.165) is 40.8 Å². The molecule has 0 bridgehead atoms. The number of benzene rings is 2. The molecule has 0 aliphatic heterocycles. The van der Waals surface area contributed by atoms with Crippen molar-refractivity contribution in [3.63, 3.8) is 0 Å². The Labute approximate surface area is 186 Å². The van der Waals surface area contributed by atoms with Crippen LogP contribution in [0.15, 0.2) is 36.4 Å². The fraction of sp³-hybridized carbons (Fsp3) is 0.577. The van der Waals surface area contributed by atoms with Crippen LogP contribution in [0.3, 0.4) is 0 Å². The molecule has 1 atom stereocenters. The van der Waals surface area contributed by atoms with Crippen LogP contribution in [0, 0.1) is 17.3 Å². The molecule has 170 valence electrons. The van der Waals surface area contributed by atoms with E-state index < -0.39 is 11.9 Å². The minimum Gasteiger partial charge on any atom is -0.490 e. The van der Waals surface area contributed by atoms with E-state index in [-0.39, 0.29) is 6.61 Å². The number of hydrogen-bond donors (Lipinski definition) is 2. The second-order valence-electron chi connectivity index (χ2n) is 9.83. The van der Waals surface area contributed by atoms with Gasteiger partial charge in [0.05, 0.1) is 25.7 Å². The number of carbonyl (C=O) groups is 1. The summed E-state index contributed by atoms with van der Waals surface area (Å²) in [5.74, 6) is 0.800. The smallest absolute Gasteiger partial charge is 0.312 e. The standard InChI is InChI=1S/C26H37NO4/c1-26(2,3)22-8-11-23(12-9-22)31-24-10-7-19-13-18(5-6-20(19)14-24)15-27-16-21(17-28)25(29)30-4/h5-7,10,13-14,21-23,27-28H,8-9,11-12,15-17H2,1-4H3/t21?,22-,23-. The lowest BCUT2D eigenvalue weighted by Crippen LogP contribution is -2.31. The van der Waals surface area contributed by atoms with Crippen molar-refractivity contribution in [3.8, 4) is 5.75 Å². The maximum Gasteiger partial charge on any atom is 0.312 e. The first-order valence-corrected chi connectivity index (χ1v) is 11.4. The van der Waals surface area contributed by atoms with Gasteiger partial charge < -0.3 is 19.9 Å². The summed E-state index contributed by atoms with van der Waals surface area (Å²) >= 11 is 0. The van der Waals surface area contributed by atoms with Crippen molar-refractivity contribution < 1.29 is 19.4 Å². The molecule has 0 spiro atoms. The molecule has 0 radical (unpaired) electrons. The Bertz CT molecular complexity index is 865. The van der Waals surface area contributed by atoms with Gasteiger partial charge in [-0.2, -0.15) is 0 Å². The first-order chi connectivity index (χ1) is 14.8. The van der Waals surface area contributed by atoms with Crippen LogP contribution in [0.25, 0.3) is 10.8 Å². The number of hydrogen-bond acceptors (Lipinski definition) is 5. The van der Waals surface area contributed by atoms with Crippen LogP contribution in [0.5, 0.6) is 5.75 Å². The van der Waals surface area contributed by atoms with E-state index >= 15 is 0 Å². The third-order valence-electron chi connectivity index (χ3n) is 6.55. The summed E-state index contributed by atoms with van der Waals surface area (Å²) in [6.07, 6.45) is 5.06. The van der Waals surface area contributed by atoms with Crippen molar-refractivity contribution in [3.05, 3.63) is 42.0 Å². The molecule has 31 heavy (non-hydrogen) atoms. The fourth-order valence-corrected chi connectivity index (χ4v) is 4.48. The molecule has 1 fully saturated rings. The van der Waals surface area contributed by atoms with Gasteiger partial charge in [0.1, 0.15) is 5.75 Å². The second kappa shape index (κ2) is 10.5. The maximum atomic E-state index is 11.6. The van der Waals surface area contributed by atoms with Gasteiger partial charge >= 0.3 is 5.97 Å². The molecule has 2 aromatic carbocycles. The molecule has 0 amide bonds. The van der Waals surface area contributed by atoms with Crippen molar-refractivity contribution in [1.29, 1.82) is 0 Å². The van der Waals surface area contributed by atoms with Crippen LogP contribution < -0.4 is 10.1 Å². The number of methoxy groups -OCH3 is 1. The van der Waals surface area contributed by atoms with E-state index in [2.05, 4.69) is 62.5 Å². The van der Waals surface area contributed by atoms with Crippen LogP contribution in [-0.2, 0) is 16.1 Å². The summed E-state index contributed by atoms with van der Waals surface area (Å²) in [6.45, 7) is 7.81. The van der Waals surface area contributed by atoms with E-state index in [1.54, 1.807) is 0 Å². The first-order valence-electron chi connectivity index (χ1n) is 11.4. The SMILES string of the molecule is COC(=O)C(CO)CNCc1ccc2cc(O[C@H]3CC[C@H](C(C)(C)C)CC3)ccc2c1. The molecule has 3 rings (SSSR count). The third kappa shape index (κ3) is 6.44. The monoisotopic (exact) mass is 427 g/mol. The van der Waals surface area contributed by atoms with Gasteiger partial charge in [-0.05, 0) is 71.6 Å². The van der Waals surface area contributed by atoms with Crippen molar-refractivity contribution in [2.24, 2.45) is 17.3 Å². The number of aliphatic hydroxyl groups excluding tert-OH is 1. The number of esters is 1. The second-order valence-corrected chi connectivity index (χ2v) is 9.83. The average molecular weight is 428 g/mol. The quantitative estimate of drug-likeness (QED) is 0.598. The van der Waals surface area contributed by atoms with E-state index in [1.165, 1.54) is 20.0 Å². The van der Waals surface area contributed by atoms with Gasteiger partial charge in [0.25, 0.3) is 0 Å². The van der Waals surface area contributed by atoms with Gasteiger partial charge in [0.15, 0.2) is 0 Å². The number of nitrogens with one attached hydrogen (secondary N) is 1. The molecule has 5 nitrogen and oxygen atoms in total. The van der Waals surface area contributed by atoms with Gasteiger partial charge in [-0.15, -0.1) is 0 Å². The summed E-state index contributed by atoms with van der Waals surface area (Å²) in [7, 11) is 1.34. The molecule has 0 aromatic heterocycles. The van der Waals surface area contributed by atoms with Gasteiger partial charge in [-0.1, -0.05) is 39.0 Å². The van der Waals surface area contributed by atoms with E-state index in [9.17, 15) is 9.90 Å². The summed E-state index contributed by atoms with van der Waals surface area (Å²) < 4.78 is 11.0. The summed E-state index contributed by atoms with van der Waals surface area (Å²) in [4.78, 5) is 11.6. The molecule has 0 heterocycles. The number of carbonyl (C=O) groups excluding carboxylic acids is 1. The van der Waals surface area contributed by atoms with Crippen LogP contribution in [-0.4, -0.2) is 37.4 Å².